The fraction of sp³-hybridized carbons (Fsp3) is 0.0769. The largest absolute Gasteiger partial charge is 0.398 e. The standard InChI is InChI=1S/C13H12BrFN2O2S/c1-8-5-11(14)13(7-12(8)16)17-20(18,19)10-4-2-3-9(15)6-10/h2-7,17H,16H2,1H3. The molecule has 2 aromatic rings. The first kappa shape index (κ1) is 14.8. The Bertz CT molecular complexity index is 763. The van der Waals surface area contributed by atoms with Gasteiger partial charge in [-0.2, -0.15) is 0 Å². The van der Waals surface area contributed by atoms with Crippen LogP contribution in [0.5, 0.6) is 0 Å². The Labute approximate surface area is 125 Å². The highest BCUT2D eigenvalue weighted by Crippen LogP contribution is 2.29. The minimum absolute atomic E-state index is 0.149. The maximum absolute atomic E-state index is 13.1. The summed E-state index contributed by atoms with van der Waals surface area (Å²) in [5, 5.41) is 0. The van der Waals surface area contributed by atoms with Crippen LogP contribution in [0.25, 0.3) is 0 Å². The minimum Gasteiger partial charge on any atom is -0.398 e. The Morgan fingerprint density at radius 2 is 1.95 bits per heavy atom. The van der Waals surface area contributed by atoms with Crippen molar-refractivity contribution in [3.05, 3.63) is 52.3 Å². The van der Waals surface area contributed by atoms with Gasteiger partial charge >= 0.3 is 0 Å². The average molecular weight is 359 g/mol. The van der Waals surface area contributed by atoms with Gasteiger partial charge in [0.1, 0.15) is 5.82 Å². The van der Waals surface area contributed by atoms with Gasteiger partial charge in [-0.1, -0.05) is 6.07 Å². The SMILES string of the molecule is Cc1cc(Br)c(NS(=O)(=O)c2cccc(F)c2)cc1N. The van der Waals surface area contributed by atoms with Crippen LogP contribution in [0.1, 0.15) is 5.56 Å². The highest BCUT2D eigenvalue weighted by atomic mass is 79.9. The van der Waals surface area contributed by atoms with E-state index in [9.17, 15) is 12.8 Å². The number of aryl methyl sites for hydroxylation is 1. The number of sulfonamides is 1. The molecule has 0 aromatic heterocycles. The molecule has 0 atom stereocenters. The van der Waals surface area contributed by atoms with Crippen molar-refractivity contribution >= 4 is 37.3 Å². The predicted octanol–water partition coefficient (Wildman–Crippen LogP) is 3.28. The zero-order valence-corrected chi connectivity index (χ0v) is 12.9. The van der Waals surface area contributed by atoms with E-state index >= 15 is 0 Å². The molecule has 0 aliphatic carbocycles. The number of nitrogens with two attached hydrogens (primary N) is 1. The summed E-state index contributed by atoms with van der Waals surface area (Å²) < 4.78 is 40.4. The second-order valence-corrected chi connectivity index (χ2v) is 6.79. The smallest absolute Gasteiger partial charge is 0.262 e. The first-order valence-corrected chi connectivity index (χ1v) is 7.91. The molecule has 4 nitrogen and oxygen atoms in total. The van der Waals surface area contributed by atoms with Crippen molar-refractivity contribution in [3.8, 4) is 0 Å². The summed E-state index contributed by atoms with van der Waals surface area (Å²) in [5.74, 6) is -0.615. The average Bonchev–Trinajstić information content (AvgIpc) is 2.36. The van der Waals surface area contributed by atoms with E-state index in [1.807, 2.05) is 6.92 Å². The minimum atomic E-state index is -3.86. The number of anilines is 2. The summed E-state index contributed by atoms with van der Waals surface area (Å²) >= 11 is 3.26. The van der Waals surface area contributed by atoms with Crippen LogP contribution >= 0.6 is 15.9 Å². The normalized spacial score (nSPS) is 11.3. The Morgan fingerprint density at radius 1 is 1.25 bits per heavy atom. The maximum Gasteiger partial charge on any atom is 0.262 e. The molecule has 0 unspecified atom stereocenters. The van der Waals surface area contributed by atoms with Crippen LogP contribution in [0.4, 0.5) is 15.8 Å². The van der Waals surface area contributed by atoms with Crippen molar-refractivity contribution in [1.82, 2.24) is 0 Å². The molecule has 0 aliphatic heterocycles. The van der Waals surface area contributed by atoms with Crippen molar-refractivity contribution in [3.63, 3.8) is 0 Å². The quantitative estimate of drug-likeness (QED) is 0.827. The van der Waals surface area contributed by atoms with Crippen molar-refractivity contribution in [2.45, 2.75) is 11.8 Å². The number of halogens is 2. The lowest BCUT2D eigenvalue weighted by atomic mass is 10.2. The molecule has 0 radical (unpaired) electrons. The molecule has 0 saturated carbocycles. The van der Waals surface area contributed by atoms with Gasteiger partial charge in [0.2, 0.25) is 0 Å². The Morgan fingerprint density at radius 3 is 2.60 bits per heavy atom. The summed E-state index contributed by atoms with van der Waals surface area (Å²) in [6, 6.07) is 8.00. The van der Waals surface area contributed by atoms with E-state index in [0.717, 1.165) is 11.6 Å². The maximum atomic E-state index is 13.1. The molecule has 0 saturated heterocycles. The zero-order chi connectivity index (χ0) is 14.9. The molecule has 2 aromatic carbocycles. The molecule has 3 N–H and O–H groups in total. The fourth-order valence-electron chi connectivity index (χ4n) is 1.61. The molecule has 2 rings (SSSR count). The molecular weight excluding hydrogens is 347 g/mol. The molecule has 20 heavy (non-hydrogen) atoms. The van der Waals surface area contributed by atoms with E-state index in [4.69, 9.17) is 5.73 Å². The molecule has 0 bridgehead atoms. The monoisotopic (exact) mass is 358 g/mol. The van der Waals surface area contributed by atoms with Gasteiger partial charge in [-0.05, 0) is 58.7 Å². The van der Waals surface area contributed by atoms with Crippen LogP contribution in [-0.4, -0.2) is 8.42 Å². The van der Waals surface area contributed by atoms with E-state index in [2.05, 4.69) is 20.7 Å². The number of benzene rings is 2. The van der Waals surface area contributed by atoms with E-state index < -0.39 is 15.8 Å². The van der Waals surface area contributed by atoms with Gasteiger partial charge in [0.05, 0.1) is 10.6 Å². The van der Waals surface area contributed by atoms with Gasteiger partial charge in [0.15, 0.2) is 0 Å². The first-order chi connectivity index (χ1) is 9.29. The first-order valence-electron chi connectivity index (χ1n) is 5.63. The summed E-state index contributed by atoms with van der Waals surface area (Å²) in [7, 11) is -3.86. The third-order valence-corrected chi connectivity index (χ3v) is 4.73. The molecule has 0 spiro atoms. The number of nitrogens with one attached hydrogen (secondary N) is 1. The number of rotatable bonds is 3. The number of hydrogen-bond acceptors (Lipinski definition) is 3. The van der Waals surface area contributed by atoms with Gasteiger partial charge in [0.25, 0.3) is 10.0 Å². The molecule has 0 fully saturated rings. The van der Waals surface area contributed by atoms with Crippen molar-refractivity contribution in [2.24, 2.45) is 0 Å². The number of nitrogen functional groups attached to an aromatic ring is 1. The summed E-state index contributed by atoms with van der Waals surface area (Å²) in [6.07, 6.45) is 0. The molecular formula is C13H12BrFN2O2S. The molecule has 0 amide bonds. The lowest BCUT2D eigenvalue weighted by Crippen LogP contribution is -2.14. The van der Waals surface area contributed by atoms with Crippen LogP contribution < -0.4 is 10.5 Å². The van der Waals surface area contributed by atoms with Gasteiger partial charge in [-0.15, -0.1) is 0 Å². The highest BCUT2D eigenvalue weighted by Gasteiger charge is 2.16. The lowest BCUT2D eigenvalue weighted by molar-refractivity contribution is 0.595. The Hall–Kier alpha value is -1.60. The summed E-state index contributed by atoms with van der Waals surface area (Å²) in [6.45, 7) is 1.81. The fourth-order valence-corrected chi connectivity index (χ4v) is 3.40. The predicted molar refractivity (Wildman–Crippen MR) is 80.5 cm³/mol. The van der Waals surface area contributed by atoms with E-state index in [-0.39, 0.29) is 4.90 Å². The van der Waals surface area contributed by atoms with Gasteiger partial charge in [-0.3, -0.25) is 4.72 Å². The Kier molecular flexibility index (Phi) is 4.01. The van der Waals surface area contributed by atoms with Crippen molar-refractivity contribution in [2.75, 3.05) is 10.5 Å². The van der Waals surface area contributed by atoms with Crippen LogP contribution in [-0.2, 0) is 10.0 Å². The molecule has 7 heteroatoms. The van der Waals surface area contributed by atoms with Crippen molar-refractivity contribution in [1.29, 1.82) is 0 Å². The van der Waals surface area contributed by atoms with Crippen LogP contribution in [0.2, 0.25) is 0 Å². The Balaban J connectivity index is 2.41. The third kappa shape index (κ3) is 3.10. The summed E-state index contributed by atoms with van der Waals surface area (Å²) in [5.41, 5.74) is 7.35. The van der Waals surface area contributed by atoms with Crippen LogP contribution in [0.3, 0.4) is 0 Å². The van der Waals surface area contributed by atoms with E-state index in [1.165, 1.54) is 24.3 Å². The van der Waals surface area contributed by atoms with E-state index in [1.54, 1.807) is 6.07 Å². The molecule has 106 valence electrons. The van der Waals surface area contributed by atoms with Gasteiger partial charge in [0, 0.05) is 10.2 Å². The molecule has 0 heterocycles. The lowest BCUT2D eigenvalue weighted by Gasteiger charge is -2.12. The van der Waals surface area contributed by atoms with E-state index in [0.29, 0.717) is 15.8 Å². The van der Waals surface area contributed by atoms with Gasteiger partial charge in [-0.25, -0.2) is 12.8 Å². The number of hydrogen-bond donors (Lipinski definition) is 2. The topological polar surface area (TPSA) is 72.2 Å². The summed E-state index contributed by atoms with van der Waals surface area (Å²) in [4.78, 5) is -0.149. The zero-order valence-electron chi connectivity index (χ0n) is 10.5. The molecule has 0 aliphatic rings. The van der Waals surface area contributed by atoms with Crippen molar-refractivity contribution < 1.29 is 12.8 Å². The second kappa shape index (κ2) is 5.41. The van der Waals surface area contributed by atoms with Crippen LogP contribution in [0.15, 0.2) is 45.8 Å². The third-order valence-electron chi connectivity index (χ3n) is 2.71. The second-order valence-electron chi connectivity index (χ2n) is 4.25. The van der Waals surface area contributed by atoms with Crippen LogP contribution in [0, 0.1) is 12.7 Å². The highest BCUT2D eigenvalue weighted by molar-refractivity contribution is 9.10. The van der Waals surface area contributed by atoms with Gasteiger partial charge < -0.3 is 5.73 Å².